The van der Waals surface area contributed by atoms with Crippen LogP contribution in [0.25, 0.3) is 27.3 Å². The van der Waals surface area contributed by atoms with Gasteiger partial charge in [-0.2, -0.15) is 4.79 Å². The number of aromatic nitrogens is 2. The number of fused-ring (bicyclic) bond motifs is 6. The van der Waals surface area contributed by atoms with E-state index in [-0.39, 0.29) is 102 Å². The minimum atomic E-state index is -1.50. The second kappa shape index (κ2) is 34.8. The van der Waals surface area contributed by atoms with Crippen molar-refractivity contribution in [1.82, 2.24) is 41.0 Å². The van der Waals surface area contributed by atoms with Crippen molar-refractivity contribution in [2.45, 2.75) is 215 Å². The molecule has 2 aromatic heterocycles. The van der Waals surface area contributed by atoms with Crippen LogP contribution in [0.5, 0.6) is 23.0 Å². The number of carbonyl (C=O) groups is 10. The van der Waals surface area contributed by atoms with Crippen LogP contribution in [-0.4, -0.2) is 191 Å². The van der Waals surface area contributed by atoms with E-state index >= 15 is 0 Å². The SMILES string of the molecule is COC(=O)[C@@]12CC1/C=C\CCCCC[C@H](NC(=O)OC1CCCC1)C(=O)N1C[C@H](Oc3cc(C(=O)C=[N+]=[N-])nc4c(C)c(OC)ccc34)C[C@H]1C(=O)N2.COC(=O)[C@@]12CC1/C=C\CCCCC[C@H](NC(=O)OC1CCCC1)C(=O)N1C[C@H](Oc3cc(C(=O)[O-])nc4c(C)c(OC)ccc34)C[C@H]1C(=O)N2.[Na+]. The van der Waals surface area contributed by atoms with Crippen LogP contribution >= 0.6 is 0 Å². The number of nitrogens with one attached hydrogen (secondary N) is 4. The van der Waals surface area contributed by atoms with Crippen LogP contribution in [0.1, 0.15) is 173 Å². The van der Waals surface area contributed by atoms with E-state index in [9.17, 15) is 53.1 Å². The number of methoxy groups -OCH3 is 4. The fourth-order valence-electron chi connectivity index (χ4n) is 15.4. The number of alkyl carbamates (subject to hydrolysis) is 2. The number of carboxylic acid groups (broad SMARTS) is 1. The van der Waals surface area contributed by atoms with Gasteiger partial charge in [-0.3, -0.25) is 24.0 Å². The predicted octanol–water partition coefficient (Wildman–Crippen LogP) is 3.86. The summed E-state index contributed by atoms with van der Waals surface area (Å²) < 4.78 is 45.3. The van der Waals surface area contributed by atoms with E-state index in [1.807, 2.05) is 24.3 Å². The van der Waals surface area contributed by atoms with Crippen molar-refractivity contribution < 1.29 is 125 Å². The van der Waals surface area contributed by atoms with Crippen LogP contribution in [0.3, 0.4) is 0 Å². The Labute approximate surface area is 630 Å². The number of pyridine rings is 2. The van der Waals surface area contributed by atoms with Crippen LogP contribution in [0.2, 0.25) is 0 Å². The number of hydrogen-bond acceptors (Lipinski definition) is 21. The molecule has 29 nitrogen and oxygen atoms in total. The van der Waals surface area contributed by atoms with Crippen LogP contribution in [-0.2, 0) is 47.7 Å². The molecule has 105 heavy (non-hydrogen) atoms. The Morgan fingerprint density at radius 2 is 0.981 bits per heavy atom. The second-order valence-electron chi connectivity index (χ2n) is 28.1. The smallest absolute Gasteiger partial charge is 0.543 e. The average Bonchev–Trinajstić information content (AvgIpc) is 1.60. The van der Waals surface area contributed by atoms with Crippen molar-refractivity contribution in [3.63, 3.8) is 0 Å². The molecular weight excluding hydrogens is 1370 g/mol. The molecule has 0 spiro atoms. The summed E-state index contributed by atoms with van der Waals surface area (Å²) in [6.45, 7) is 3.43. The number of esters is 2. The molecule has 6 amide bonds. The van der Waals surface area contributed by atoms with E-state index < -0.39 is 107 Å². The fourth-order valence-corrected chi connectivity index (χ4v) is 15.4. The van der Waals surface area contributed by atoms with Crippen LogP contribution in [0, 0.1) is 25.7 Å². The number of allylic oxidation sites excluding steroid dienone is 2. The molecule has 556 valence electrons. The zero-order valence-electron chi connectivity index (χ0n) is 60.5. The number of carbonyl (C=O) groups excluding carboxylic acids is 10. The summed E-state index contributed by atoms with van der Waals surface area (Å²) in [5.41, 5.74) is 8.09. The number of aromatic carboxylic acids is 1. The topological polar surface area (TPSA) is 384 Å². The van der Waals surface area contributed by atoms with Gasteiger partial charge < -0.3 is 84.4 Å². The molecule has 4 N–H and O–H groups in total. The van der Waals surface area contributed by atoms with Gasteiger partial charge in [0.25, 0.3) is 5.78 Å². The first kappa shape index (κ1) is 78.4. The van der Waals surface area contributed by atoms with Crippen molar-refractivity contribution >= 4 is 87.5 Å². The number of nitrogens with zero attached hydrogens (tertiary/aromatic N) is 6. The number of amides is 6. The van der Waals surface area contributed by atoms with Gasteiger partial charge in [-0.05, 0) is 141 Å². The number of ketones is 1. The number of aryl methyl sites for hydroxylation is 2. The van der Waals surface area contributed by atoms with Crippen LogP contribution < -0.4 is 74.9 Å². The van der Waals surface area contributed by atoms with Crippen LogP contribution in [0.15, 0.2) is 60.7 Å². The summed E-state index contributed by atoms with van der Waals surface area (Å²) in [7, 11) is 5.55. The molecule has 4 aromatic rings. The summed E-state index contributed by atoms with van der Waals surface area (Å²) in [4.78, 5) is 149. The monoisotopic (exact) mass is 1460 g/mol. The number of Topliss-reactive ketones (excluding diaryl/α,β-unsaturated/α-hetero) is 1. The first-order valence-corrected chi connectivity index (χ1v) is 36.0. The zero-order valence-corrected chi connectivity index (χ0v) is 62.5. The van der Waals surface area contributed by atoms with E-state index in [2.05, 4.69) is 36.0 Å². The van der Waals surface area contributed by atoms with Gasteiger partial charge in [-0.25, -0.2) is 29.1 Å². The number of benzene rings is 2. The summed E-state index contributed by atoms with van der Waals surface area (Å²) >= 11 is 0. The van der Waals surface area contributed by atoms with Gasteiger partial charge in [0.05, 0.1) is 64.2 Å². The molecule has 12 rings (SSSR count). The molecule has 0 radical (unpaired) electrons. The van der Waals surface area contributed by atoms with E-state index in [0.717, 1.165) is 96.1 Å². The van der Waals surface area contributed by atoms with Crippen molar-refractivity contribution in [2.75, 3.05) is 41.5 Å². The van der Waals surface area contributed by atoms with Gasteiger partial charge in [-0.1, -0.05) is 50.0 Å². The maximum atomic E-state index is 14.5. The Balaban J connectivity index is 0.000000223. The number of rotatable bonds is 15. The molecule has 4 aliphatic carbocycles. The van der Waals surface area contributed by atoms with Crippen molar-refractivity contribution in [3.8, 4) is 23.0 Å². The number of carboxylic acids is 1. The summed E-state index contributed by atoms with van der Waals surface area (Å²) in [5, 5.41) is 24.5. The van der Waals surface area contributed by atoms with Gasteiger partial charge >= 0.3 is 59.9 Å². The Hall–Kier alpha value is -9.18. The van der Waals surface area contributed by atoms with Crippen molar-refractivity contribution in [2.24, 2.45) is 11.8 Å². The van der Waals surface area contributed by atoms with Gasteiger partial charge in [0.1, 0.15) is 88.4 Å². The Morgan fingerprint density at radius 3 is 1.38 bits per heavy atom. The third-order valence-corrected chi connectivity index (χ3v) is 21.3. The van der Waals surface area contributed by atoms with Crippen molar-refractivity contribution in [1.29, 1.82) is 0 Å². The van der Waals surface area contributed by atoms with Crippen molar-refractivity contribution in [3.05, 3.63) is 88.7 Å². The van der Waals surface area contributed by atoms with Gasteiger partial charge in [0.15, 0.2) is 0 Å². The van der Waals surface area contributed by atoms with E-state index in [1.165, 1.54) is 50.4 Å². The van der Waals surface area contributed by atoms with E-state index in [0.29, 0.717) is 83.0 Å². The number of ether oxygens (including phenoxy) is 8. The molecule has 6 heterocycles. The molecule has 2 saturated heterocycles. The molecule has 6 fully saturated rings. The minimum Gasteiger partial charge on any atom is -0.543 e. The molecular formula is C75H91N10NaO19. The maximum absolute atomic E-state index is 14.5. The quantitative estimate of drug-likeness (QED) is 0.0192. The fraction of sp³-hybridized carbons (Fsp3) is 0.560. The predicted molar refractivity (Wildman–Crippen MR) is 371 cm³/mol. The Kier molecular flexibility index (Phi) is 26.0. The number of hydrogen-bond donors (Lipinski definition) is 4. The third-order valence-electron chi connectivity index (χ3n) is 21.3. The zero-order chi connectivity index (χ0) is 74.0. The van der Waals surface area contributed by atoms with Gasteiger partial charge in [-0.15, -0.1) is 0 Å². The molecule has 2 unspecified atom stereocenters. The standard InChI is InChI=1S/C38H46N6O9.C37H46N4O10.Na/c1-22-31(50-2)16-15-26-32(18-28(41-33(22)26)30(45)20-40-39)52-25-17-29-34(46)43-38(36(48)51-3)19-23(38)11-7-5-4-6-8-14-27(35(47)44(29)21-25)42-37(49)53-24-12-9-10-13-24;1-21-29(48-2)16-15-25-30(18-27(34(44)45)38-31(21)25)50-24-17-28-32(42)40-37(35(46)49-3)19-22(37)11-7-5-4-6-8-14-26(33(43)41(28)20-24)39-36(47)51-23-12-9-10-13-23;/h7,11,15-16,18,20,23-25,27,29H,4-6,8-10,12-14,17,19,21H2,1-3H3,(H,42,49)(H,43,46);7,11,15-16,18,22-24,26,28H,4-6,8-10,12-14,17,19-20H2,1-3H3,(H,39,47)(H,40,42)(H,44,45);/q;;+1/p-1/b2*11-7-;/t23?,25-,27+,29+,38-;22?,24-,26+,28+,37-;/m11./s1. The molecule has 8 aliphatic rings. The molecule has 30 heteroatoms. The summed E-state index contributed by atoms with van der Waals surface area (Å²) in [6, 6.07) is 5.49. The Morgan fingerprint density at radius 1 is 0.571 bits per heavy atom. The first-order chi connectivity index (χ1) is 50.1. The van der Waals surface area contributed by atoms with Crippen LogP contribution in [0.4, 0.5) is 9.59 Å². The minimum absolute atomic E-state index is 0. The average molecular weight is 1460 g/mol. The largest absolute Gasteiger partial charge is 1.00 e. The second-order valence-corrected chi connectivity index (χ2v) is 28.1. The molecule has 10 atom stereocenters. The molecule has 2 aromatic carbocycles. The maximum Gasteiger partial charge on any atom is 1.00 e. The van der Waals surface area contributed by atoms with Gasteiger partial charge in [0, 0.05) is 58.7 Å². The van der Waals surface area contributed by atoms with Gasteiger partial charge in [0.2, 0.25) is 23.6 Å². The Bertz CT molecular complexity index is 4100. The van der Waals surface area contributed by atoms with E-state index in [4.69, 9.17) is 43.4 Å². The molecule has 0 bridgehead atoms. The third kappa shape index (κ3) is 17.9. The van der Waals surface area contributed by atoms with E-state index in [1.54, 1.807) is 38.1 Å². The normalized spacial score (nSPS) is 27.0. The molecule has 4 aliphatic heterocycles. The molecule has 4 saturated carbocycles. The first-order valence-electron chi connectivity index (χ1n) is 36.0. The summed E-state index contributed by atoms with van der Waals surface area (Å²) in [6.07, 6.45) is 19.8. The summed E-state index contributed by atoms with van der Waals surface area (Å²) in [5.74, 6) is -4.43.